The maximum absolute atomic E-state index is 4.85. The number of rotatable bonds is 5. The summed E-state index contributed by atoms with van der Waals surface area (Å²) in [6, 6.07) is 45.9. The second-order valence-corrected chi connectivity index (χ2v) is 10.1. The highest BCUT2D eigenvalue weighted by Gasteiger charge is 2.12. The summed E-state index contributed by atoms with van der Waals surface area (Å²) in [6.07, 6.45) is 1.95. The lowest BCUT2D eigenvalue weighted by Crippen LogP contribution is -2.00. The van der Waals surface area contributed by atoms with E-state index in [0.29, 0.717) is 17.5 Å². The van der Waals surface area contributed by atoms with Gasteiger partial charge in [0.25, 0.3) is 0 Å². The standard InChI is InChI=1S/C37H26N4/c1-25-22-32-20-21-33(23-34(32)24-38-25)28-14-12-26(13-15-28)27-16-18-31(19-17-27)37-40-35(29-8-4-2-5-9-29)39-36(41-37)30-10-6-3-7-11-30/h2-24H,1H3. The van der Waals surface area contributed by atoms with E-state index in [2.05, 4.69) is 77.8 Å². The topological polar surface area (TPSA) is 51.6 Å². The van der Waals surface area contributed by atoms with Crippen LogP contribution in [0.2, 0.25) is 0 Å². The van der Waals surface area contributed by atoms with Gasteiger partial charge in [-0.15, -0.1) is 0 Å². The fraction of sp³-hybridized carbons (Fsp3) is 0.0270. The molecule has 0 unspecified atom stereocenters. The molecule has 0 bridgehead atoms. The molecular formula is C37H26N4. The van der Waals surface area contributed by atoms with Gasteiger partial charge in [0.15, 0.2) is 17.5 Å². The second-order valence-electron chi connectivity index (χ2n) is 10.1. The van der Waals surface area contributed by atoms with E-state index in [-0.39, 0.29) is 0 Å². The van der Waals surface area contributed by atoms with E-state index < -0.39 is 0 Å². The van der Waals surface area contributed by atoms with E-state index in [1.54, 1.807) is 0 Å². The van der Waals surface area contributed by atoms with Crippen molar-refractivity contribution in [3.8, 4) is 56.4 Å². The van der Waals surface area contributed by atoms with Crippen molar-refractivity contribution in [2.45, 2.75) is 6.92 Å². The Hall–Kier alpha value is -5.48. The Morgan fingerprint density at radius 2 is 0.780 bits per heavy atom. The number of nitrogens with zero attached hydrogens (tertiary/aromatic N) is 4. The Labute approximate surface area is 239 Å². The SMILES string of the molecule is Cc1cc2ccc(-c3ccc(-c4ccc(-c5nc(-c6ccccc6)nc(-c6ccccc6)n5)cc4)cc3)cc2cn1. The summed E-state index contributed by atoms with van der Waals surface area (Å²) in [5.74, 6) is 1.98. The number of hydrogen-bond donors (Lipinski definition) is 0. The van der Waals surface area contributed by atoms with E-state index in [9.17, 15) is 0 Å². The van der Waals surface area contributed by atoms with Crippen LogP contribution in [0, 0.1) is 6.92 Å². The Bertz CT molecular complexity index is 1910. The van der Waals surface area contributed by atoms with E-state index in [1.165, 1.54) is 16.5 Å². The van der Waals surface area contributed by atoms with Crippen LogP contribution in [0.5, 0.6) is 0 Å². The monoisotopic (exact) mass is 526 g/mol. The summed E-state index contributed by atoms with van der Waals surface area (Å²) >= 11 is 0. The molecule has 0 amide bonds. The molecule has 0 radical (unpaired) electrons. The zero-order valence-electron chi connectivity index (χ0n) is 22.6. The van der Waals surface area contributed by atoms with E-state index in [4.69, 9.17) is 15.0 Å². The maximum atomic E-state index is 4.85. The van der Waals surface area contributed by atoms with Crippen molar-refractivity contribution in [1.29, 1.82) is 0 Å². The molecular weight excluding hydrogens is 500 g/mol. The van der Waals surface area contributed by atoms with Gasteiger partial charge in [-0.3, -0.25) is 4.98 Å². The molecule has 0 N–H and O–H groups in total. The number of fused-ring (bicyclic) bond motifs is 1. The van der Waals surface area contributed by atoms with Gasteiger partial charge >= 0.3 is 0 Å². The van der Waals surface area contributed by atoms with Gasteiger partial charge in [-0.25, -0.2) is 15.0 Å². The van der Waals surface area contributed by atoms with Crippen LogP contribution in [0.4, 0.5) is 0 Å². The highest BCUT2D eigenvalue weighted by Crippen LogP contribution is 2.30. The molecule has 194 valence electrons. The lowest BCUT2D eigenvalue weighted by atomic mass is 9.98. The first kappa shape index (κ1) is 24.6. The predicted molar refractivity (Wildman–Crippen MR) is 167 cm³/mol. The minimum Gasteiger partial charge on any atom is -0.261 e. The first-order valence-corrected chi connectivity index (χ1v) is 13.6. The Morgan fingerprint density at radius 3 is 1.29 bits per heavy atom. The van der Waals surface area contributed by atoms with Crippen molar-refractivity contribution < 1.29 is 0 Å². The molecule has 0 atom stereocenters. The normalized spacial score (nSPS) is 11.0. The highest BCUT2D eigenvalue weighted by molar-refractivity contribution is 5.87. The summed E-state index contributed by atoms with van der Waals surface area (Å²) in [7, 11) is 0. The Balaban J connectivity index is 1.19. The van der Waals surface area contributed by atoms with Crippen LogP contribution in [0.25, 0.3) is 67.2 Å². The molecule has 0 fully saturated rings. The molecule has 4 nitrogen and oxygen atoms in total. The lowest BCUT2D eigenvalue weighted by Gasteiger charge is -2.09. The van der Waals surface area contributed by atoms with Crippen LogP contribution in [-0.2, 0) is 0 Å². The van der Waals surface area contributed by atoms with Gasteiger partial charge < -0.3 is 0 Å². The van der Waals surface area contributed by atoms with Crippen LogP contribution in [-0.4, -0.2) is 19.9 Å². The van der Waals surface area contributed by atoms with Gasteiger partial charge in [-0.2, -0.15) is 0 Å². The number of hydrogen-bond acceptors (Lipinski definition) is 4. The molecule has 0 aliphatic heterocycles. The van der Waals surface area contributed by atoms with Crippen molar-refractivity contribution in [3.63, 3.8) is 0 Å². The Morgan fingerprint density at radius 1 is 0.366 bits per heavy atom. The Kier molecular flexibility index (Phi) is 6.34. The zero-order chi connectivity index (χ0) is 27.6. The molecule has 5 aromatic carbocycles. The largest absolute Gasteiger partial charge is 0.261 e. The quantitative estimate of drug-likeness (QED) is 0.224. The number of pyridine rings is 1. The third kappa shape index (κ3) is 5.11. The summed E-state index contributed by atoms with van der Waals surface area (Å²) < 4.78 is 0. The van der Waals surface area contributed by atoms with Crippen molar-refractivity contribution in [2.75, 3.05) is 0 Å². The molecule has 41 heavy (non-hydrogen) atoms. The summed E-state index contributed by atoms with van der Waals surface area (Å²) in [5, 5.41) is 2.36. The maximum Gasteiger partial charge on any atom is 0.164 e. The molecule has 4 heteroatoms. The molecule has 2 heterocycles. The van der Waals surface area contributed by atoms with Crippen LogP contribution in [0.3, 0.4) is 0 Å². The summed E-state index contributed by atoms with van der Waals surface area (Å²) in [4.78, 5) is 18.9. The molecule has 0 saturated carbocycles. The third-order valence-corrected chi connectivity index (χ3v) is 7.25. The van der Waals surface area contributed by atoms with Crippen molar-refractivity contribution in [1.82, 2.24) is 19.9 Å². The molecule has 0 saturated heterocycles. The molecule has 2 aromatic heterocycles. The van der Waals surface area contributed by atoms with Crippen LogP contribution in [0.15, 0.2) is 140 Å². The van der Waals surface area contributed by atoms with Crippen LogP contribution in [0.1, 0.15) is 5.69 Å². The number of aryl methyl sites for hydroxylation is 1. The average Bonchev–Trinajstić information content (AvgIpc) is 3.05. The minimum absolute atomic E-state index is 0.653. The smallest absolute Gasteiger partial charge is 0.164 e. The van der Waals surface area contributed by atoms with Gasteiger partial charge in [0, 0.05) is 34.0 Å². The van der Waals surface area contributed by atoms with Crippen molar-refractivity contribution in [2.24, 2.45) is 0 Å². The first-order chi connectivity index (χ1) is 20.2. The average molecular weight is 527 g/mol. The van der Waals surface area contributed by atoms with Gasteiger partial charge in [0.2, 0.25) is 0 Å². The minimum atomic E-state index is 0.653. The first-order valence-electron chi connectivity index (χ1n) is 13.6. The fourth-order valence-electron chi connectivity index (χ4n) is 5.04. The molecule has 0 spiro atoms. The molecule has 7 rings (SSSR count). The summed E-state index contributed by atoms with van der Waals surface area (Å²) in [6.45, 7) is 2.02. The molecule has 0 aliphatic rings. The van der Waals surface area contributed by atoms with Crippen molar-refractivity contribution in [3.05, 3.63) is 145 Å². The third-order valence-electron chi connectivity index (χ3n) is 7.25. The zero-order valence-corrected chi connectivity index (χ0v) is 22.6. The van der Waals surface area contributed by atoms with Crippen molar-refractivity contribution >= 4 is 10.8 Å². The predicted octanol–water partition coefficient (Wildman–Crippen LogP) is 9.06. The van der Waals surface area contributed by atoms with Gasteiger partial charge in [0.1, 0.15) is 0 Å². The van der Waals surface area contributed by atoms with Crippen LogP contribution >= 0.6 is 0 Å². The number of benzene rings is 5. The fourth-order valence-corrected chi connectivity index (χ4v) is 5.04. The molecule has 0 aliphatic carbocycles. The number of aromatic nitrogens is 4. The van der Waals surface area contributed by atoms with E-state index >= 15 is 0 Å². The van der Waals surface area contributed by atoms with E-state index in [1.807, 2.05) is 73.8 Å². The second kappa shape index (κ2) is 10.6. The van der Waals surface area contributed by atoms with Gasteiger partial charge in [-0.1, -0.05) is 121 Å². The van der Waals surface area contributed by atoms with Gasteiger partial charge in [0.05, 0.1) is 0 Å². The summed E-state index contributed by atoms with van der Waals surface area (Å²) in [5.41, 5.74) is 8.56. The van der Waals surface area contributed by atoms with Gasteiger partial charge in [-0.05, 0) is 46.7 Å². The van der Waals surface area contributed by atoms with Crippen LogP contribution < -0.4 is 0 Å². The van der Waals surface area contributed by atoms with E-state index in [0.717, 1.165) is 38.9 Å². The highest BCUT2D eigenvalue weighted by atomic mass is 15.0. The molecule has 7 aromatic rings. The lowest BCUT2D eigenvalue weighted by molar-refractivity contribution is 1.07.